The summed E-state index contributed by atoms with van der Waals surface area (Å²) >= 11 is 0. The first-order valence-corrected chi connectivity index (χ1v) is 10.8. The van der Waals surface area contributed by atoms with Gasteiger partial charge in [0, 0.05) is 28.9 Å². The first-order chi connectivity index (χ1) is 14.9. The van der Waals surface area contributed by atoms with E-state index < -0.39 is 28.3 Å². The van der Waals surface area contributed by atoms with Crippen LogP contribution in [0.3, 0.4) is 0 Å². The number of fused-ring (bicyclic) bond motifs is 1. The number of halogens is 1. The lowest BCUT2D eigenvalue weighted by Gasteiger charge is -2.24. The van der Waals surface area contributed by atoms with Gasteiger partial charge >= 0.3 is 0 Å². The van der Waals surface area contributed by atoms with Crippen LogP contribution >= 0.6 is 0 Å². The zero-order valence-corrected chi connectivity index (χ0v) is 17.1. The van der Waals surface area contributed by atoms with Crippen molar-refractivity contribution in [1.82, 2.24) is 4.98 Å². The van der Waals surface area contributed by atoms with E-state index in [0.717, 1.165) is 16.4 Å². The van der Waals surface area contributed by atoms with Gasteiger partial charge < -0.3 is 5.32 Å². The molecule has 0 bridgehead atoms. The minimum Gasteiger partial charge on any atom is -0.325 e. The molecule has 156 valence electrons. The Labute approximate surface area is 179 Å². The van der Waals surface area contributed by atoms with Gasteiger partial charge in [0.1, 0.15) is 12.4 Å². The highest BCUT2D eigenvalue weighted by Gasteiger charge is 2.29. The highest BCUT2D eigenvalue weighted by molar-refractivity contribution is 7.93. The third kappa shape index (κ3) is 4.39. The van der Waals surface area contributed by atoms with Crippen molar-refractivity contribution in [3.63, 3.8) is 0 Å². The van der Waals surface area contributed by atoms with Crippen molar-refractivity contribution < 1.29 is 17.6 Å². The van der Waals surface area contributed by atoms with Crippen LogP contribution in [-0.2, 0) is 14.8 Å². The van der Waals surface area contributed by atoms with Crippen LogP contribution in [-0.4, -0.2) is 25.9 Å². The van der Waals surface area contributed by atoms with Crippen molar-refractivity contribution in [2.75, 3.05) is 16.2 Å². The van der Waals surface area contributed by atoms with E-state index in [1.54, 1.807) is 54.7 Å². The van der Waals surface area contributed by atoms with Crippen LogP contribution in [0, 0.1) is 5.82 Å². The fourth-order valence-electron chi connectivity index (χ4n) is 3.21. The first-order valence-electron chi connectivity index (χ1n) is 9.41. The summed E-state index contributed by atoms with van der Waals surface area (Å²) in [4.78, 5) is 16.8. The lowest BCUT2D eigenvalue weighted by molar-refractivity contribution is -0.114. The molecule has 1 aromatic heterocycles. The molecule has 1 N–H and O–H groups in total. The number of hydrogen-bond donors (Lipinski definition) is 1. The number of benzene rings is 3. The molecule has 3 aromatic carbocycles. The second kappa shape index (κ2) is 8.53. The van der Waals surface area contributed by atoms with Crippen molar-refractivity contribution in [2.24, 2.45) is 0 Å². The lowest BCUT2D eigenvalue weighted by Crippen LogP contribution is -2.38. The number of carbonyl (C=O) groups is 1. The molecule has 0 aliphatic rings. The van der Waals surface area contributed by atoms with Crippen molar-refractivity contribution in [3.8, 4) is 0 Å². The Morgan fingerprint density at radius 2 is 1.68 bits per heavy atom. The van der Waals surface area contributed by atoms with Crippen LogP contribution in [0.15, 0.2) is 96.2 Å². The molecule has 31 heavy (non-hydrogen) atoms. The molecular weight excluding hydrogens is 417 g/mol. The highest BCUT2D eigenvalue weighted by Crippen LogP contribution is 2.29. The number of pyridine rings is 1. The van der Waals surface area contributed by atoms with E-state index >= 15 is 0 Å². The van der Waals surface area contributed by atoms with Gasteiger partial charge in [0.05, 0.1) is 10.6 Å². The topological polar surface area (TPSA) is 79.4 Å². The lowest BCUT2D eigenvalue weighted by atomic mass is 10.2. The minimum absolute atomic E-state index is 0.0317. The molecule has 6 nitrogen and oxygen atoms in total. The molecule has 0 saturated carbocycles. The summed E-state index contributed by atoms with van der Waals surface area (Å²) in [5.74, 6) is -1.04. The van der Waals surface area contributed by atoms with Crippen LogP contribution in [0.4, 0.5) is 15.8 Å². The molecule has 0 spiro atoms. The van der Waals surface area contributed by atoms with E-state index in [0.29, 0.717) is 16.5 Å². The second-order valence-electron chi connectivity index (χ2n) is 6.76. The molecule has 0 aliphatic carbocycles. The predicted octanol–water partition coefficient (Wildman–Crippen LogP) is 4.21. The van der Waals surface area contributed by atoms with Crippen LogP contribution in [0.2, 0.25) is 0 Å². The minimum atomic E-state index is -4.16. The zero-order valence-electron chi connectivity index (χ0n) is 16.3. The Morgan fingerprint density at radius 3 is 2.42 bits per heavy atom. The maximum absolute atomic E-state index is 13.7. The van der Waals surface area contributed by atoms with E-state index in [9.17, 15) is 17.6 Å². The number of nitrogens with zero attached hydrogens (tertiary/aromatic N) is 2. The Kier molecular flexibility index (Phi) is 5.64. The van der Waals surface area contributed by atoms with Crippen molar-refractivity contribution in [1.29, 1.82) is 0 Å². The van der Waals surface area contributed by atoms with E-state index in [-0.39, 0.29) is 10.6 Å². The number of carbonyl (C=O) groups excluding carboxylic acids is 1. The van der Waals surface area contributed by atoms with Crippen LogP contribution in [0.25, 0.3) is 10.8 Å². The molecule has 1 heterocycles. The summed E-state index contributed by atoms with van der Waals surface area (Å²) in [6.07, 6.45) is 3.07. The molecule has 0 unspecified atom stereocenters. The molecule has 1 amide bonds. The molecule has 8 heteroatoms. The molecule has 4 rings (SSSR count). The summed E-state index contributed by atoms with van der Waals surface area (Å²) < 4.78 is 41.7. The third-order valence-electron chi connectivity index (χ3n) is 4.67. The Bertz CT molecular complexity index is 1320. The summed E-state index contributed by atoms with van der Waals surface area (Å²) in [5, 5.41) is 3.81. The fourth-order valence-corrected chi connectivity index (χ4v) is 4.85. The summed E-state index contributed by atoms with van der Waals surface area (Å²) in [6, 6.07) is 20.1. The van der Waals surface area contributed by atoms with Gasteiger partial charge in [0.2, 0.25) is 5.91 Å². The van der Waals surface area contributed by atoms with Crippen LogP contribution < -0.4 is 9.62 Å². The SMILES string of the molecule is O=C(CN(c1ccc(F)cc1)S(=O)(=O)c1cccc2cnccc12)Nc1ccccc1. The van der Waals surface area contributed by atoms with Gasteiger partial charge in [-0.25, -0.2) is 12.8 Å². The summed E-state index contributed by atoms with van der Waals surface area (Å²) in [7, 11) is -4.16. The maximum Gasteiger partial charge on any atom is 0.265 e. The number of sulfonamides is 1. The number of rotatable bonds is 6. The average molecular weight is 435 g/mol. The smallest absolute Gasteiger partial charge is 0.265 e. The number of hydrogen-bond acceptors (Lipinski definition) is 4. The van der Waals surface area contributed by atoms with Gasteiger partial charge in [-0.05, 0) is 48.5 Å². The van der Waals surface area contributed by atoms with Crippen molar-refractivity contribution in [2.45, 2.75) is 4.90 Å². The van der Waals surface area contributed by atoms with E-state index in [2.05, 4.69) is 10.3 Å². The molecule has 0 radical (unpaired) electrons. The van der Waals surface area contributed by atoms with Crippen LogP contribution in [0.1, 0.15) is 0 Å². The summed E-state index contributed by atoms with van der Waals surface area (Å²) in [5.41, 5.74) is 0.718. The Morgan fingerprint density at radius 1 is 0.935 bits per heavy atom. The van der Waals surface area contributed by atoms with Gasteiger partial charge in [-0.15, -0.1) is 0 Å². The fraction of sp³-hybridized carbons (Fsp3) is 0.0435. The third-order valence-corrected chi connectivity index (χ3v) is 6.50. The molecular formula is C23H18FN3O3S. The highest BCUT2D eigenvalue weighted by atomic mass is 32.2. The van der Waals surface area contributed by atoms with E-state index in [1.165, 1.54) is 24.4 Å². The van der Waals surface area contributed by atoms with Gasteiger partial charge in [-0.2, -0.15) is 0 Å². The normalized spacial score (nSPS) is 11.3. The second-order valence-corrected chi connectivity index (χ2v) is 8.59. The average Bonchev–Trinajstić information content (AvgIpc) is 2.78. The van der Waals surface area contributed by atoms with Crippen molar-refractivity contribution >= 4 is 38.1 Å². The molecule has 0 atom stereocenters. The maximum atomic E-state index is 13.7. The standard InChI is InChI=1S/C23H18FN3O3S/c24-18-9-11-20(12-10-18)27(16-23(28)26-19-6-2-1-3-7-19)31(29,30)22-8-4-5-17-15-25-14-13-21(17)22/h1-15H,16H2,(H,26,28). The van der Waals surface area contributed by atoms with Gasteiger partial charge in [-0.3, -0.25) is 14.1 Å². The molecule has 0 aliphatic heterocycles. The number of aromatic nitrogens is 1. The Balaban J connectivity index is 1.76. The number of para-hydroxylation sites is 1. The quantitative estimate of drug-likeness (QED) is 0.492. The van der Waals surface area contributed by atoms with Gasteiger partial charge in [-0.1, -0.05) is 30.3 Å². The number of amides is 1. The molecule has 0 saturated heterocycles. The first kappa shape index (κ1) is 20.5. The van der Waals surface area contributed by atoms with Gasteiger partial charge in [0.25, 0.3) is 10.0 Å². The van der Waals surface area contributed by atoms with Gasteiger partial charge in [0.15, 0.2) is 0 Å². The Hall–Kier alpha value is -3.78. The number of anilines is 2. The monoisotopic (exact) mass is 435 g/mol. The van der Waals surface area contributed by atoms with Crippen LogP contribution in [0.5, 0.6) is 0 Å². The summed E-state index contributed by atoms with van der Waals surface area (Å²) in [6.45, 7) is -0.482. The van der Waals surface area contributed by atoms with E-state index in [4.69, 9.17) is 0 Å². The zero-order chi connectivity index (χ0) is 21.8. The predicted molar refractivity (Wildman–Crippen MR) is 118 cm³/mol. The molecule has 4 aromatic rings. The number of nitrogens with one attached hydrogen (secondary N) is 1. The largest absolute Gasteiger partial charge is 0.325 e. The molecule has 0 fully saturated rings. The van der Waals surface area contributed by atoms with E-state index in [1.807, 2.05) is 0 Å². The van der Waals surface area contributed by atoms with Crippen molar-refractivity contribution in [3.05, 3.63) is 97.1 Å².